The fraction of sp³-hybridized carbons (Fsp3) is 0.400. The van der Waals surface area contributed by atoms with Crippen LogP contribution in [0, 0.1) is 0 Å². The smallest absolute Gasteiger partial charge is 0.356 e. The maximum absolute atomic E-state index is 13.3. The number of hydrogen-bond donors (Lipinski definition) is 1. The first-order valence-electron chi connectivity index (χ1n) is 11.2. The van der Waals surface area contributed by atoms with Gasteiger partial charge in [-0.15, -0.1) is 0 Å². The van der Waals surface area contributed by atoms with E-state index in [9.17, 15) is 14.4 Å². The van der Waals surface area contributed by atoms with Crippen LogP contribution in [0.1, 0.15) is 37.0 Å². The Morgan fingerprint density at radius 3 is 2.64 bits per heavy atom. The second-order valence-electron chi connectivity index (χ2n) is 8.79. The highest BCUT2D eigenvalue weighted by Gasteiger charge is 2.54. The monoisotopic (exact) mass is 450 g/mol. The van der Waals surface area contributed by atoms with Crippen molar-refractivity contribution >= 4 is 28.6 Å². The predicted octanol–water partition coefficient (Wildman–Crippen LogP) is 2.52. The number of benzene rings is 2. The highest BCUT2D eigenvalue weighted by Crippen LogP contribution is 2.40. The molecule has 2 aromatic rings. The van der Waals surface area contributed by atoms with Gasteiger partial charge < -0.3 is 24.4 Å². The molecule has 3 aliphatic rings. The summed E-state index contributed by atoms with van der Waals surface area (Å²) in [6.45, 7) is 4.75. The minimum Gasteiger partial charge on any atom is -0.461 e. The molecule has 8 nitrogen and oxygen atoms in total. The van der Waals surface area contributed by atoms with Crippen molar-refractivity contribution in [1.82, 2.24) is 10.2 Å². The van der Waals surface area contributed by atoms with Crippen LogP contribution in [0.2, 0.25) is 0 Å². The van der Waals surface area contributed by atoms with Crippen LogP contribution < -0.4 is 5.32 Å². The van der Waals surface area contributed by atoms with Gasteiger partial charge >= 0.3 is 11.9 Å². The Labute approximate surface area is 191 Å². The molecule has 0 saturated carbocycles. The molecule has 0 unspecified atom stereocenters. The average molecular weight is 450 g/mol. The standard InChI is InChI=1S/C25H26N2O6/c1-3-31-24(30)20(19-12-11-16-13-27(16)19)26-22(28)21(25(2)14-32-25)33-23(29)18-10-6-8-15-7-4-5-9-17(15)18/h4-10,16,21H,3,11-14H2,1-2H3,(H,26,28)/b20-19-/t16-,21-,25+,27?/m1/s1. The summed E-state index contributed by atoms with van der Waals surface area (Å²) in [5.74, 6) is -1.82. The predicted molar refractivity (Wildman–Crippen MR) is 119 cm³/mol. The number of ether oxygens (including phenoxy) is 3. The number of nitrogens with zero attached hydrogens (tertiary/aromatic N) is 1. The molecule has 0 spiro atoms. The van der Waals surface area contributed by atoms with E-state index in [0.717, 1.165) is 29.4 Å². The van der Waals surface area contributed by atoms with Gasteiger partial charge in [-0.1, -0.05) is 36.4 Å². The first kappa shape index (κ1) is 21.5. The Morgan fingerprint density at radius 2 is 1.97 bits per heavy atom. The number of esters is 2. The lowest BCUT2D eigenvalue weighted by atomic mass is 10.0. The molecule has 3 aliphatic heterocycles. The van der Waals surface area contributed by atoms with Crippen molar-refractivity contribution in [3.8, 4) is 0 Å². The molecule has 2 aromatic carbocycles. The van der Waals surface area contributed by atoms with Gasteiger partial charge in [-0.05, 0) is 43.5 Å². The number of nitrogens with one attached hydrogen (secondary N) is 1. The van der Waals surface area contributed by atoms with Gasteiger partial charge in [0.15, 0.2) is 0 Å². The number of hydrogen-bond acceptors (Lipinski definition) is 7. The van der Waals surface area contributed by atoms with E-state index in [4.69, 9.17) is 14.2 Å². The molecule has 0 radical (unpaired) electrons. The zero-order chi connectivity index (χ0) is 23.2. The Kier molecular flexibility index (Phi) is 5.32. The molecule has 8 heteroatoms. The summed E-state index contributed by atoms with van der Waals surface area (Å²) in [4.78, 5) is 41.2. The van der Waals surface area contributed by atoms with E-state index in [1.165, 1.54) is 0 Å². The van der Waals surface area contributed by atoms with Crippen molar-refractivity contribution in [3.05, 3.63) is 59.4 Å². The molecule has 0 aliphatic carbocycles. The minimum atomic E-state index is -1.22. The van der Waals surface area contributed by atoms with Gasteiger partial charge in [0, 0.05) is 18.3 Å². The van der Waals surface area contributed by atoms with E-state index in [1.54, 1.807) is 26.0 Å². The molecule has 3 heterocycles. The Hall–Kier alpha value is -3.39. The topological polar surface area (TPSA) is 97.2 Å². The van der Waals surface area contributed by atoms with E-state index in [-0.39, 0.29) is 18.9 Å². The lowest BCUT2D eigenvalue weighted by molar-refractivity contribution is -0.141. The zero-order valence-electron chi connectivity index (χ0n) is 18.6. The van der Waals surface area contributed by atoms with Crippen molar-refractivity contribution in [3.63, 3.8) is 0 Å². The first-order valence-corrected chi connectivity index (χ1v) is 11.2. The summed E-state index contributed by atoms with van der Waals surface area (Å²) < 4.78 is 16.4. The summed E-state index contributed by atoms with van der Waals surface area (Å²) in [5.41, 5.74) is 0.305. The summed E-state index contributed by atoms with van der Waals surface area (Å²) in [7, 11) is 0. The summed E-state index contributed by atoms with van der Waals surface area (Å²) in [5, 5.41) is 4.34. The lowest BCUT2D eigenvalue weighted by Gasteiger charge is -2.22. The van der Waals surface area contributed by atoms with E-state index in [0.29, 0.717) is 18.0 Å². The highest BCUT2D eigenvalue weighted by atomic mass is 16.6. The van der Waals surface area contributed by atoms with E-state index in [1.807, 2.05) is 30.3 Å². The third-order valence-electron chi connectivity index (χ3n) is 6.42. The Morgan fingerprint density at radius 1 is 1.21 bits per heavy atom. The maximum Gasteiger partial charge on any atom is 0.356 e. The van der Waals surface area contributed by atoms with Gasteiger partial charge in [0.2, 0.25) is 6.10 Å². The maximum atomic E-state index is 13.3. The van der Waals surface area contributed by atoms with Crippen LogP contribution in [0.4, 0.5) is 0 Å². The van der Waals surface area contributed by atoms with E-state index in [2.05, 4.69) is 10.2 Å². The van der Waals surface area contributed by atoms with Gasteiger partial charge in [-0.3, -0.25) is 4.79 Å². The average Bonchev–Trinajstić information content (AvgIpc) is 3.73. The number of fused-ring (bicyclic) bond motifs is 2. The Balaban J connectivity index is 1.40. The summed E-state index contributed by atoms with van der Waals surface area (Å²) >= 11 is 0. The molecule has 172 valence electrons. The second-order valence-corrected chi connectivity index (χ2v) is 8.79. The van der Waals surface area contributed by atoms with Crippen molar-refractivity contribution in [2.45, 2.75) is 44.4 Å². The molecule has 3 fully saturated rings. The largest absolute Gasteiger partial charge is 0.461 e. The van der Waals surface area contributed by atoms with Crippen LogP contribution in [-0.2, 0) is 23.8 Å². The number of amides is 1. The fourth-order valence-electron chi connectivity index (χ4n) is 4.40. The van der Waals surface area contributed by atoms with Crippen molar-refractivity contribution in [1.29, 1.82) is 0 Å². The Bertz CT molecular complexity index is 1160. The second kappa shape index (κ2) is 8.19. The third-order valence-corrected chi connectivity index (χ3v) is 6.42. The first-order chi connectivity index (χ1) is 15.9. The minimum absolute atomic E-state index is 0.123. The lowest BCUT2D eigenvalue weighted by Crippen LogP contribution is -2.47. The van der Waals surface area contributed by atoms with Crippen LogP contribution in [0.15, 0.2) is 53.9 Å². The number of carbonyl (C=O) groups excluding carboxylic acids is 3. The van der Waals surface area contributed by atoms with Gasteiger partial charge in [-0.2, -0.15) is 0 Å². The molecule has 3 saturated heterocycles. The van der Waals surface area contributed by atoms with Crippen LogP contribution >= 0.6 is 0 Å². The quantitative estimate of drug-likeness (QED) is 0.393. The molecular weight excluding hydrogens is 424 g/mol. The van der Waals surface area contributed by atoms with Crippen molar-refractivity contribution in [2.24, 2.45) is 0 Å². The van der Waals surface area contributed by atoms with Gasteiger partial charge in [-0.25, -0.2) is 9.59 Å². The normalized spacial score (nSPS) is 25.2. The zero-order valence-corrected chi connectivity index (χ0v) is 18.6. The van der Waals surface area contributed by atoms with Crippen LogP contribution in [-0.4, -0.2) is 60.3 Å². The van der Waals surface area contributed by atoms with Gasteiger partial charge in [0.05, 0.1) is 18.8 Å². The molecule has 0 bridgehead atoms. The van der Waals surface area contributed by atoms with Gasteiger partial charge in [0.1, 0.15) is 11.3 Å². The molecule has 3 atom stereocenters. The number of rotatable bonds is 7. The molecule has 0 aromatic heterocycles. The molecule has 1 N–H and O–H groups in total. The molecular formula is C25H26N2O6. The van der Waals surface area contributed by atoms with Crippen LogP contribution in [0.5, 0.6) is 0 Å². The molecule has 33 heavy (non-hydrogen) atoms. The molecule has 5 rings (SSSR count). The number of piperidine rings is 1. The van der Waals surface area contributed by atoms with E-state index >= 15 is 0 Å². The fourth-order valence-corrected chi connectivity index (χ4v) is 4.40. The molecule has 1 amide bonds. The number of carbonyl (C=O) groups is 3. The van der Waals surface area contributed by atoms with Crippen LogP contribution in [0.25, 0.3) is 10.8 Å². The summed E-state index contributed by atoms with van der Waals surface area (Å²) in [6, 6.07) is 13.2. The van der Waals surface area contributed by atoms with Crippen LogP contribution in [0.3, 0.4) is 0 Å². The van der Waals surface area contributed by atoms with E-state index < -0.39 is 29.6 Å². The number of epoxide rings is 1. The number of allylic oxidation sites excluding steroid dienone is 1. The van der Waals surface area contributed by atoms with Gasteiger partial charge in [0.25, 0.3) is 5.91 Å². The third kappa shape index (κ3) is 4.06. The summed E-state index contributed by atoms with van der Waals surface area (Å²) in [6.07, 6.45) is 0.405. The van der Waals surface area contributed by atoms with Crippen molar-refractivity contribution < 1.29 is 28.6 Å². The van der Waals surface area contributed by atoms with Crippen molar-refractivity contribution in [2.75, 3.05) is 19.8 Å². The SMILES string of the molecule is CCOC(=O)/C(NC(=O)[C@@H](OC(=O)c1cccc2ccccc12)[C@]1(C)CO1)=C1\CC[C@@H]2CN12. The highest BCUT2D eigenvalue weighted by molar-refractivity contribution is 6.05.